The van der Waals surface area contributed by atoms with Gasteiger partial charge in [-0.2, -0.15) is 0 Å². The van der Waals surface area contributed by atoms with E-state index in [1.165, 1.54) is 33.5 Å². The molecule has 0 spiro atoms. The van der Waals surface area contributed by atoms with Crippen molar-refractivity contribution in [2.75, 3.05) is 18.0 Å². The monoisotopic (exact) mass is 285 g/mol. The van der Waals surface area contributed by atoms with E-state index in [0.717, 1.165) is 24.5 Å². The van der Waals surface area contributed by atoms with Crippen molar-refractivity contribution in [3.05, 3.63) is 52.0 Å². The standard InChI is InChI=1S/C18H20ClN/c1-4-20(5-2)14-7-6-13-10-16-12(3)18(19)9-8-15(16)17(13)11-14/h6-9,11H,4-5,10H2,1-3H3. The van der Waals surface area contributed by atoms with Crippen LogP contribution in [0.25, 0.3) is 11.1 Å². The van der Waals surface area contributed by atoms with Crippen LogP contribution >= 0.6 is 11.6 Å². The minimum Gasteiger partial charge on any atom is -0.372 e. The molecule has 0 N–H and O–H groups in total. The molecular formula is C18H20ClN. The predicted octanol–water partition coefficient (Wildman–Crippen LogP) is 5.07. The third-order valence-electron chi connectivity index (χ3n) is 4.41. The lowest BCUT2D eigenvalue weighted by Crippen LogP contribution is -2.21. The molecule has 1 aliphatic rings. The summed E-state index contributed by atoms with van der Waals surface area (Å²) in [6, 6.07) is 11.0. The van der Waals surface area contributed by atoms with Gasteiger partial charge in [0.05, 0.1) is 0 Å². The lowest BCUT2D eigenvalue weighted by atomic mass is 10.0. The van der Waals surface area contributed by atoms with E-state index in [0.29, 0.717) is 0 Å². The highest BCUT2D eigenvalue weighted by Crippen LogP contribution is 2.41. The molecule has 0 fully saturated rings. The van der Waals surface area contributed by atoms with Gasteiger partial charge in [-0.3, -0.25) is 0 Å². The summed E-state index contributed by atoms with van der Waals surface area (Å²) in [5.41, 5.74) is 8.09. The molecule has 2 aromatic carbocycles. The van der Waals surface area contributed by atoms with Gasteiger partial charge >= 0.3 is 0 Å². The van der Waals surface area contributed by atoms with Crippen LogP contribution in [0, 0.1) is 6.92 Å². The zero-order chi connectivity index (χ0) is 14.3. The quantitative estimate of drug-likeness (QED) is 0.650. The fourth-order valence-corrected chi connectivity index (χ4v) is 3.33. The van der Waals surface area contributed by atoms with Gasteiger partial charge in [-0.1, -0.05) is 23.7 Å². The number of anilines is 1. The summed E-state index contributed by atoms with van der Waals surface area (Å²) in [7, 11) is 0. The van der Waals surface area contributed by atoms with E-state index in [9.17, 15) is 0 Å². The normalized spacial score (nSPS) is 12.2. The van der Waals surface area contributed by atoms with Crippen molar-refractivity contribution in [3.63, 3.8) is 0 Å². The van der Waals surface area contributed by atoms with Crippen molar-refractivity contribution in [2.45, 2.75) is 27.2 Å². The molecule has 1 aliphatic carbocycles. The minimum absolute atomic E-state index is 0.875. The Kier molecular flexibility index (Phi) is 3.47. The zero-order valence-electron chi connectivity index (χ0n) is 12.3. The number of rotatable bonds is 3. The fraction of sp³-hybridized carbons (Fsp3) is 0.333. The smallest absolute Gasteiger partial charge is 0.0438 e. The van der Waals surface area contributed by atoms with Crippen molar-refractivity contribution in [1.82, 2.24) is 0 Å². The van der Waals surface area contributed by atoms with Crippen LogP contribution < -0.4 is 4.90 Å². The zero-order valence-corrected chi connectivity index (χ0v) is 13.1. The summed E-state index contributed by atoms with van der Waals surface area (Å²) in [5.74, 6) is 0. The summed E-state index contributed by atoms with van der Waals surface area (Å²) in [6.07, 6.45) is 1.01. The predicted molar refractivity (Wildman–Crippen MR) is 88.0 cm³/mol. The van der Waals surface area contributed by atoms with Crippen LogP contribution in [0.2, 0.25) is 5.02 Å². The van der Waals surface area contributed by atoms with Crippen LogP contribution in [-0.4, -0.2) is 13.1 Å². The lowest BCUT2D eigenvalue weighted by molar-refractivity contribution is 0.866. The van der Waals surface area contributed by atoms with E-state index in [4.69, 9.17) is 11.6 Å². The third kappa shape index (κ3) is 2.01. The van der Waals surface area contributed by atoms with Crippen LogP contribution in [0.3, 0.4) is 0 Å². The van der Waals surface area contributed by atoms with Gasteiger partial charge in [-0.15, -0.1) is 0 Å². The maximum Gasteiger partial charge on any atom is 0.0438 e. The van der Waals surface area contributed by atoms with E-state index < -0.39 is 0 Å². The van der Waals surface area contributed by atoms with Gasteiger partial charge in [0.1, 0.15) is 0 Å². The second-order valence-corrected chi connectivity index (χ2v) is 5.80. The van der Waals surface area contributed by atoms with Gasteiger partial charge in [0.25, 0.3) is 0 Å². The van der Waals surface area contributed by atoms with E-state index in [1.54, 1.807) is 0 Å². The Balaban J connectivity index is 2.11. The van der Waals surface area contributed by atoms with Crippen LogP contribution in [0.5, 0.6) is 0 Å². The molecule has 0 bridgehead atoms. The van der Waals surface area contributed by atoms with Crippen molar-refractivity contribution in [2.24, 2.45) is 0 Å². The number of fused-ring (bicyclic) bond motifs is 3. The molecule has 0 aromatic heterocycles. The Bertz CT molecular complexity index is 657. The SMILES string of the molecule is CCN(CC)c1ccc2c(c1)-c1ccc(Cl)c(C)c1C2. The van der Waals surface area contributed by atoms with E-state index in [-0.39, 0.29) is 0 Å². The molecular weight excluding hydrogens is 266 g/mol. The first-order valence-corrected chi connectivity index (χ1v) is 7.69. The Hall–Kier alpha value is -1.47. The summed E-state index contributed by atoms with van der Waals surface area (Å²) >= 11 is 6.25. The van der Waals surface area contributed by atoms with E-state index >= 15 is 0 Å². The van der Waals surface area contributed by atoms with E-state index in [2.05, 4.69) is 49.9 Å². The average Bonchev–Trinajstić information content (AvgIpc) is 2.83. The molecule has 2 heteroatoms. The van der Waals surface area contributed by atoms with Crippen LogP contribution in [-0.2, 0) is 6.42 Å². The molecule has 2 aromatic rings. The Morgan fingerprint density at radius 2 is 1.80 bits per heavy atom. The molecule has 1 nitrogen and oxygen atoms in total. The highest BCUT2D eigenvalue weighted by Gasteiger charge is 2.21. The largest absolute Gasteiger partial charge is 0.372 e. The first-order chi connectivity index (χ1) is 9.65. The lowest BCUT2D eigenvalue weighted by Gasteiger charge is -2.21. The highest BCUT2D eigenvalue weighted by atomic mass is 35.5. The fourth-order valence-electron chi connectivity index (χ4n) is 3.15. The highest BCUT2D eigenvalue weighted by molar-refractivity contribution is 6.31. The maximum absolute atomic E-state index is 6.25. The Morgan fingerprint density at radius 3 is 2.50 bits per heavy atom. The second kappa shape index (κ2) is 5.14. The number of hydrogen-bond donors (Lipinski definition) is 0. The molecule has 0 amide bonds. The molecule has 104 valence electrons. The molecule has 0 heterocycles. The van der Waals surface area contributed by atoms with Crippen molar-refractivity contribution in [1.29, 1.82) is 0 Å². The number of hydrogen-bond acceptors (Lipinski definition) is 1. The van der Waals surface area contributed by atoms with Gasteiger partial charge in [-0.25, -0.2) is 0 Å². The number of nitrogens with zero attached hydrogens (tertiary/aromatic N) is 1. The molecule has 0 radical (unpaired) electrons. The summed E-state index contributed by atoms with van der Waals surface area (Å²) < 4.78 is 0. The van der Waals surface area contributed by atoms with Crippen LogP contribution in [0.4, 0.5) is 5.69 Å². The van der Waals surface area contributed by atoms with Gasteiger partial charge in [0.15, 0.2) is 0 Å². The summed E-state index contributed by atoms with van der Waals surface area (Å²) in [6.45, 7) is 8.62. The van der Waals surface area contributed by atoms with Gasteiger partial charge < -0.3 is 4.90 Å². The first-order valence-electron chi connectivity index (χ1n) is 7.32. The third-order valence-corrected chi connectivity index (χ3v) is 4.82. The van der Waals surface area contributed by atoms with Crippen LogP contribution in [0.1, 0.15) is 30.5 Å². The van der Waals surface area contributed by atoms with E-state index in [1.807, 2.05) is 6.07 Å². The molecule has 0 aliphatic heterocycles. The van der Waals surface area contributed by atoms with Crippen molar-refractivity contribution >= 4 is 17.3 Å². The molecule has 0 atom stereocenters. The Morgan fingerprint density at radius 1 is 1.05 bits per heavy atom. The van der Waals surface area contributed by atoms with Gasteiger partial charge in [-0.05, 0) is 73.2 Å². The first kappa shape index (κ1) is 13.5. The molecule has 3 rings (SSSR count). The van der Waals surface area contributed by atoms with Crippen LogP contribution in [0.15, 0.2) is 30.3 Å². The maximum atomic E-state index is 6.25. The molecule has 0 saturated heterocycles. The van der Waals surface area contributed by atoms with Crippen molar-refractivity contribution < 1.29 is 0 Å². The molecule has 0 saturated carbocycles. The topological polar surface area (TPSA) is 3.24 Å². The van der Waals surface area contributed by atoms with Crippen molar-refractivity contribution in [3.8, 4) is 11.1 Å². The average molecular weight is 286 g/mol. The van der Waals surface area contributed by atoms with Gasteiger partial charge in [0.2, 0.25) is 0 Å². The second-order valence-electron chi connectivity index (χ2n) is 5.39. The molecule has 0 unspecified atom stereocenters. The summed E-state index contributed by atoms with van der Waals surface area (Å²) in [5, 5.41) is 0.875. The summed E-state index contributed by atoms with van der Waals surface area (Å²) in [4.78, 5) is 2.39. The molecule has 20 heavy (non-hydrogen) atoms. The Labute approximate surface area is 126 Å². The number of benzene rings is 2. The number of halogens is 1. The van der Waals surface area contributed by atoms with Gasteiger partial charge in [0, 0.05) is 23.8 Å². The minimum atomic E-state index is 0.875.